The third kappa shape index (κ3) is 5.04. The summed E-state index contributed by atoms with van der Waals surface area (Å²) in [4.78, 5) is 16.4. The van der Waals surface area contributed by atoms with E-state index in [9.17, 15) is 8.42 Å². The fourth-order valence-corrected chi connectivity index (χ4v) is 7.17. The standard InChI is InChI=1S/C29H35N7O2S/c1-20-12-23(27-17-34(2)19-33-27)14-26-28(20)31-18-32-29(26)36-11-8-22-4-5-25(13-24(22)16-36)39(37,38)35(3)15-21-6-9-30-10-7-21/h4-5,12-14,17-19,21,30H,6-11,15-16H2,1-3H3. The topological polar surface area (TPSA) is 96.2 Å². The second-order valence-electron chi connectivity index (χ2n) is 10.9. The monoisotopic (exact) mass is 545 g/mol. The number of imidazole rings is 1. The van der Waals surface area contributed by atoms with E-state index in [0.717, 1.165) is 78.0 Å². The molecule has 1 N–H and O–H groups in total. The van der Waals surface area contributed by atoms with Gasteiger partial charge in [0, 0.05) is 50.9 Å². The summed E-state index contributed by atoms with van der Waals surface area (Å²) >= 11 is 0. The van der Waals surface area contributed by atoms with E-state index in [0.29, 0.717) is 23.9 Å². The van der Waals surface area contributed by atoms with E-state index in [4.69, 9.17) is 4.98 Å². The molecule has 0 radical (unpaired) electrons. The maximum atomic E-state index is 13.5. The molecule has 2 aromatic carbocycles. The van der Waals surface area contributed by atoms with Gasteiger partial charge < -0.3 is 14.8 Å². The first-order valence-electron chi connectivity index (χ1n) is 13.6. The van der Waals surface area contributed by atoms with Gasteiger partial charge in [-0.05, 0) is 86.1 Å². The lowest BCUT2D eigenvalue weighted by Crippen LogP contribution is -2.37. The number of fused-ring (bicyclic) bond motifs is 2. The molecule has 1 fully saturated rings. The second-order valence-corrected chi connectivity index (χ2v) is 12.9. The van der Waals surface area contributed by atoms with Crippen LogP contribution in [0, 0.1) is 12.8 Å². The number of nitrogens with one attached hydrogen (secondary N) is 1. The highest BCUT2D eigenvalue weighted by Crippen LogP contribution is 2.33. The van der Waals surface area contributed by atoms with E-state index in [2.05, 4.69) is 39.2 Å². The molecule has 2 aliphatic rings. The molecule has 204 valence electrons. The molecule has 2 aliphatic heterocycles. The Balaban J connectivity index is 1.30. The van der Waals surface area contributed by atoms with Gasteiger partial charge in [0.15, 0.2) is 0 Å². The summed E-state index contributed by atoms with van der Waals surface area (Å²) in [7, 11) is 0.0995. The minimum Gasteiger partial charge on any atom is -0.351 e. The third-order valence-corrected chi connectivity index (χ3v) is 9.90. The third-order valence-electron chi connectivity index (χ3n) is 8.08. The lowest BCUT2D eigenvalue weighted by atomic mass is 9.98. The zero-order valence-corrected chi connectivity index (χ0v) is 23.6. The average molecular weight is 546 g/mol. The Morgan fingerprint density at radius 1 is 1.08 bits per heavy atom. The molecule has 4 aromatic rings. The van der Waals surface area contributed by atoms with Crippen molar-refractivity contribution >= 4 is 26.7 Å². The summed E-state index contributed by atoms with van der Waals surface area (Å²) in [5.74, 6) is 1.26. The molecule has 9 nitrogen and oxygen atoms in total. The smallest absolute Gasteiger partial charge is 0.242 e. The van der Waals surface area contributed by atoms with E-state index in [-0.39, 0.29) is 0 Å². The molecule has 10 heteroatoms. The molecule has 0 atom stereocenters. The number of piperidine rings is 1. The van der Waals surface area contributed by atoms with Gasteiger partial charge in [-0.3, -0.25) is 0 Å². The molecule has 0 aliphatic carbocycles. The first-order valence-corrected chi connectivity index (χ1v) is 15.0. The lowest BCUT2D eigenvalue weighted by Gasteiger charge is -2.31. The van der Waals surface area contributed by atoms with Gasteiger partial charge in [0.05, 0.1) is 22.4 Å². The summed E-state index contributed by atoms with van der Waals surface area (Å²) in [6.07, 6.45) is 8.27. The van der Waals surface area contributed by atoms with Crippen LogP contribution < -0.4 is 10.2 Å². The number of hydrogen-bond donors (Lipinski definition) is 1. The summed E-state index contributed by atoms with van der Waals surface area (Å²) in [5, 5.41) is 4.33. The van der Waals surface area contributed by atoms with Gasteiger partial charge >= 0.3 is 0 Å². The number of aryl methyl sites for hydroxylation is 2. The van der Waals surface area contributed by atoms with Gasteiger partial charge in [-0.1, -0.05) is 6.07 Å². The van der Waals surface area contributed by atoms with E-state index < -0.39 is 10.0 Å². The van der Waals surface area contributed by atoms with Crippen molar-refractivity contribution in [2.45, 2.75) is 37.6 Å². The molecule has 2 aromatic heterocycles. The van der Waals surface area contributed by atoms with E-state index in [1.54, 1.807) is 25.8 Å². The Kier molecular flexibility index (Phi) is 6.86. The second kappa shape index (κ2) is 10.3. The molecule has 0 amide bonds. The zero-order valence-electron chi connectivity index (χ0n) is 22.8. The number of anilines is 1. The number of sulfonamides is 1. The minimum atomic E-state index is -3.57. The van der Waals surface area contributed by atoms with Gasteiger partial charge in [-0.15, -0.1) is 0 Å². The van der Waals surface area contributed by atoms with Crippen LogP contribution in [0.3, 0.4) is 0 Å². The summed E-state index contributed by atoms with van der Waals surface area (Å²) in [6, 6.07) is 9.85. The van der Waals surface area contributed by atoms with Crippen molar-refractivity contribution in [2.24, 2.45) is 13.0 Å². The van der Waals surface area contributed by atoms with Crippen LogP contribution in [0.4, 0.5) is 5.82 Å². The highest BCUT2D eigenvalue weighted by molar-refractivity contribution is 7.89. The Labute approximate surface area is 230 Å². The van der Waals surface area contributed by atoms with Gasteiger partial charge in [0.25, 0.3) is 0 Å². The van der Waals surface area contributed by atoms with Crippen molar-refractivity contribution in [2.75, 3.05) is 38.1 Å². The molecule has 4 heterocycles. The zero-order chi connectivity index (χ0) is 27.1. The number of aromatic nitrogens is 4. The van der Waals surface area contributed by atoms with Crippen molar-refractivity contribution in [3.05, 3.63) is 65.9 Å². The van der Waals surface area contributed by atoms with Gasteiger partial charge in [-0.2, -0.15) is 0 Å². The molecule has 0 bridgehead atoms. The van der Waals surface area contributed by atoms with E-state index >= 15 is 0 Å². The fraction of sp³-hybridized carbons (Fsp3) is 0.414. The Hall–Kier alpha value is -3.34. The van der Waals surface area contributed by atoms with Crippen LogP contribution in [0.1, 0.15) is 29.5 Å². The van der Waals surface area contributed by atoms with Gasteiger partial charge in [0.1, 0.15) is 12.1 Å². The van der Waals surface area contributed by atoms with Crippen molar-refractivity contribution in [3.63, 3.8) is 0 Å². The molecule has 0 unspecified atom stereocenters. The SMILES string of the molecule is Cc1cc(-c2cn(C)cn2)cc2c(N3CCc4ccc(S(=O)(=O)N(C)CC5CCNCC5)cc4C3)ncnc12. The molecular weight excluding hydrogens is 510 g/mol. The molecule has 0 spiro atoms. The van der Waals surface area contributed by atoms with Crippen LogP contribution in [0.25, 0.3) is 22.2 Å². The maximum Gasteiger partial charge on any atom is 0.242 e. The Morgan fingerprint density at radius 2 is 1.90 bits per heavy atom. The highest BCUT2D eigenvalue weighted by atomic mass is 32.2. The summed E-state index contributed by atoms with van der Waals surface area (Å²) in [5.41, 5.74) is 6.14. The van der Waals surface area contributed by atoms with Crippen LogP contribution in [0.15, 0.2) is 54.1 Å². The van der Waals surface area contributed by atoms with Gasteiger partial charge in [0.2, 0.25) is 10.0 Å². The summed E-state index contributed by atoms with van der Waals surface area (Å²) < 4.78 is 30.5. The van der Waals surface area contributed by atoms with Crippen molar-refractivity contribution in [3.8, 4) is 11.3 Å². The van der Waals surface area contributed by atoms with Crippen molar-refractivity contribution in [1.82, 2.24) is 29.1 Å². The molecule has 1 saturated heterocycles. The lowest BCUT2D eigenvalue weighted by molar-refractivity contribution is 0.311. The van der Waals surface area contributed by atoms with Crippen molar-refractivity contribution in [1.29, 1.82) is 0 Å². The minimum absolute atomic E-state index is 0.361. The Bertz CT molecular complexity index is 1630. The average Bonchev–Trinajstić information content (AvgIpc) is 3.39. The first-order chi connectivity index (χ1) is 18.8. The Morgan fingerprint density at radius 3 is 2.67 bits per heavy atom. The van der Waals surface area contributed by atoms with Crippen LogP contribution in [-0.4, -0.2) is 65.5 Å². The van der Waals surface area contributed by atoms with Crippen LogP contribution in [0.2, 0.25) is 0 Å². The number of rotatable bonds is 6. The van der Waals surface area contributed by atoms with Gasteiger partial charge in [-0.25, -0.2) is 27.7 Å². The molecule has 39 heavy (non-hydrogen) atoms. The molecule has 0 saturated carbocycles. The number of benzene rings is 2. The maximum absolute atomic E-state index is 13.5. The quantitative estimate of drug-likeness (QED) is 0.396. The van der Waals surface area contributed by atoms with Crippen LogP contribution in [-0.2, 0) is 30.0 Å². The number of nitrogens with zero attached hydrogens (tertiary/aromatic N) is 6. The highest BCUT2D eigenvalue weighted by Gasteiger charge is 2.27. The molecule has 6 rings (SSSR count). The fourth-order valence-electron chi connectivity index (χ4n) is 5.87. The largest absolute Gasteiger partial charge is 0.351 e. The van der Waals surface area contributed by atoms with Crippen molar-refractivity contribution < 1.29 is 8.42 Å². The summed E-state index contributed by atoms with van der Waals surface area (Å²) in [6.45, 7) is 5.91. The van der Waals surface area contributed by atoms with E-state index in [1.165, 1.54) is 9.87 Å². The predicted octanol–water partition coefficient (Wildman–Crippen LogP) is 3.52. The predicted molar refractivity (Wildman–Crippen MR) is 153 cm³/mol. The van der Waals surface area contributed by atoms with E-state index in [1.807, 2.05) is 29.9 Å². The van der Waals surface area contributed by atoms with Crippen LogP contribution >= 0.6 is 0 Å². The normalized spacial score (nSPS) is 16.7. The number of hydrogen-bond acceptors (Lipinski definition) is 7. The van der Waals surface area contributed by atoms with Crippen LogP contribution in [0.5, 0.6) is 0 Å². The molecular formula is C29H35N7O2S. The first kappa shape index (κ1) is 25.9.